The highest BCUT2D eigenvalue weighted by molar-refractivity contribution is 7.22. The van der Waals surface area contributed by atoms with Crippen molar-refractivity contribution in [3.8, 4) is 0 Å². The smallest absolute Gasteiger partial charge is 0.307 e. The van der Waals surface area contributed by atoms with Crippen molar-refractivity contribution in [2.75, 3.05) is 0 Å². The third-order valence-corrected chi connectivity index (χ3v) is 3.29. The van der Waals surface area contributed by atoms with Gasteiger partial charge in [-0.25, -0.2) is 0 Å². The lowest BCUT2D eigenvalue weighted by atomic mass is 10.1. The summed E-state index contributed by atoms with van der Waals surface area (Å²) >= 11 is 7.29. The van der Waals surface area contributed by atoms with Gasteiger partial charge in [-0.1, -0.05) is 29.8 Å². The molecule has 0 spiro atoms. The van der Waals surface area contributed by atoms with Gasteiger partial charge in [-0.2, -0.15) is 0 Å². The van der Waals surface area contributed by atoms with E-state index in [1.54, 1.807) is 0 Å². The van der Waals surface area contributed by atoms with Crippen LogP contribution in [0.25, 0.3) is 10.1 Å². The number of hydrogen-bond donors (Lipinski definition) is 1. The first-order valence-electron chi connectivity index (χ1n) is 4.05. The van der Waals surface area contributed by atoms with Gasteiger partial charge in [-0.3, -0.25) is 4.79 Å². The summed E-state index contributed by atoms with van der Waals surface area (Å²) in [6.07, 6.45) is 0.0498. The molecule has 0 aliphatic heterocycles. The molecule has 0 atom stereocenters. The number of hydrogen-bond acceptors (Lipinski definition) is 2. The van der Waals surface area contributed by atoms with Crippen LogP contribution in [0.2, 0.25) is 4.34 Å². The molecule has 1 N–H and O–H groups in total. The molecule has 0 radical (unpaired) electrons. The van der Waals surface area contributed by atoms with Crippen LogP contribution in [0.5, 0.6) is 0 Å². The Morgan fingerprint density at radius 2 is 2.29 bits per heavy atom. The first-order valence-corrected chi connectivity index (χ1v) is 5.25. The normalized spacial score (nSPS) is 10.6. The van der Waals surface area contributed by atoms with E-state index in [0.717, 1.165) is 15.6 Å². The summed E-state index contributed by atoms with van der Waals surface area (Å²) in [7, 11) is 0. The molecule has 0 saturated heterocycles. The second kappa shape index (κ2) is 3.59. The Bertz CT molecular complexity index is 490. The molecule has 4 heteroatoms. The molecule has 1 heterocycles. The second-order valence-electron chi connectivity index (χ2n) is 2.96. The molecule has 0 bridgehead atoms. The molecule has 0 aliphatic carbocycles. The van der Waals surface area contributed by atoms with Gasteiger partial charge in [-0.15, -0.1) is 11.3 Å². The third-order valence-electron chi connectivity index (χ3n) is 1.94. The van der Waals surface area contributed by atoms with Crippen molar-refractivity contribution in [2.45, 2.75) is 6.42 Å². The summed E-state index contributed by atoms with van der Waals surface area (Å²) in [6, 6.07) is 7.46. The number of rotatable bonds is 2. The highest BCUT2D eigenvalue weighted by Crippen LogP contribution is 2.31. The van der Waals surface area contributed by atoms with Gasteiger partial charge in [0.05, 0.1) is 10.8 Å². The number of thiophene rings is 1. The van der Waals surface area contributed by atoms with Crippen LogP contribution < -0.4 is 0 Å². The summed E-state index contributed by atoms with van der Waals surface area (Å²) < 4.78 is 1.66. The van der Waals surface area contributed by atoms with Crippen molar-refractivity contribution in [3.05, 3.63) is 34.2 Å². The van der Waals surface area contributed by atoms with Crippen molar-refractivity contribution in [1.29, 1.82) is 0 Å². The predicted octanol–water partition coefficient (Wildman–Crippen LogP) is 3.18. The molecular weight excluding hydrogens is 220 g/mol. The Kier molecular flexibility index (Phi) is 2.44. The molecule has 0 amide bonds. The van der Waals surface area contributed by atoms with Crippen molar-refractivity contribution < 1.29 is 9.90 Å². The average molecular weight is 227 g/mol. The molecule has 72 valence electrons. The number of carbonyl (C=O) groups is 1. The third kappa shape index (κ3) is 1.74. The largest absolute Gasteiger partial charge is 0.481 e. The van der Waals surface area contributed by atoms with E-state index < -0.39 is 5.97 Å². The van der Waals surface area contributed by atoms with E-state index in [1.807, 2.05) is 24.3 Å². The summed E-state index contributed by atoms with van der Waals surface area (Å²) in [6.45, 7) is 0. The monoisotopic (exact) mass is 226 g/mol. The van der Waals surface area contributed by atoms with Crippen LogP contribution in [0.3, 0.4) is 0 Å². The zero-order valence-electron chi connectivity index (χ0n) is 7.16. The van der Waals surface area contributed by atoms with E-state index in [0.29, 0.717) is 4.34 Å². The van der Waals surface area contributed by atoms with Crippen molar-refractivity contribution in [1.82, 2.24) is 0 Å². The van der Waals surface area contributed by atoms with E-state index in [9.17, 15) is 4.79 Å². The van der Waals surface area contributed by atoms with Crippen LogP contribution in [0.1, 0.15) is 5.56 Å². The van der Waals surface area contributed by atoms with Crippen LogP contribution in [0, 0.1) is 0 Å². The maximum absolute atomic E-state index is 10.6. The van der Waals surface area contributed by atoms with Gasteiger partial charge < -0.3 is 5.11 Å². The van der Waals surface area contributed by atoms with Gasteiger partial charge in [0.1, 0.15) is 0 Å². The number of fused-ring (bicyclic) bond motifs is 1. The number of halogens is 1. The molecule has 1 aromatic carbocycles. The van der Waals surface area contributed by atoms with Crippen LogP contribution >= 0.6 is 22.9 Å². The van der Waals surface area contributed by atoms with Crippen molar-refractivity contribution >= 4 is 39.0 Å². The molecule has 14 heavy (non-hydrogen) atoms. The number of carboxylic acid groups (broad SMARTS) is 1. The first kappa shape index (κ1) is 9.49. The van der Waals surface area contributed by atoms with Crippen molar-refractivity contribution in [2.24, 2.45) is 0 Å². The topological polar surface area (TPSA) is 37.3 Å². The quantitative estimate of drug-likeness (QED) is 0.854. The minimum atomic E-state index is -0.818. The van der Waals surface area contributed by atoms with Gasteiger partial charge >= 0.3 is 5.97 Å². The Morgan fingerprint density at radius 3 is 3.00 bits per heavy atom. The van der Waals surface area contributed by atoms with Gasteiger partial charge in [0.15, 0.2) is 0 Å². The van der Waals surface area contributed by atoms with Crippen LogP contribution in [0.4, 0.5) is 0 Å². The standard InChI is InChI=1S/C10H7ClO2S/c11-8-4-6-2-1-3-7(5-9(12)13)10(6)14-8/h1-4H,5H2,(H,12,13). The minimum absolute atomic E-state index is 0.0498. The molecule has 0 unspecified atom stereocenters. The fraction of sp³-hybridized carbons (Fsp3) is 0.100. The molecular formula is C10H7ClO2S. The lowest BCUT2D eigenvalue weighted by Crippen LogP contribution is -1.99. The lowest BCUT2D eigenvalue weighted by molar-refractivity contribution is -0.136. The fourth-order valence-corrected chi connectivity index (χ4v) is 2.64. The summed E-state index contributed by atoms with van der Waals surface area (Å²) in [5, 5.41) is 9.72. The number of carboxylic acids is 1. The summed E-state index contributed by atoms with van der Waals surface area (Å²) in [4.78, 5) is 10.6. The Balaban J connectivity index is 2.58. The molecule has 2 rings (SSSR count). The van der Waals surface area contributed by atoms with E-state index >= 15 is 0 Å². The second-order valence-corrected chi connectivity index (χ2v) is 4.64. The minimum Gasteiger partial charge on any atom is -0.481 e. The number of aliphatic carboxylic acids is 1. The summed E-state index contributed by atoms with van der Waals surface area (Å²) in [5.74, 6) is -0.818. The highest BCUT2D eigenvalue weighted by atomic mass is 35.5. The molecule has 0 fully saturated rings. The van der Waals surface area contributed by atoms with E-state index in [1.165, 1.54) is 11.3 Å². The van der Waals surface area contributed by atoms with Crippen LogP contribution in [-0.4, -0.2) is 11.1 Å². The van der Waals surface area contributed by atoms with E-state index in [-0.39, 0.29) is 6.42 Å². The average Bonchev–Trinajstić information content (AvgIpc) is 2.45. The van der Waals surface area contributed by atoms with Gasteiger partial charge in [0.25, 0.3) is 0 Å². The summed E-state index contributed by atoms with van der Waals surface area (Å²) in [5.41, 5.74) is 0.826. The molecule has 0 aliphatic rings. The van der Waals surface area contributed by atoms with Gasteiger partial charge in [0, 0.05) is 4.70 Å². The SMILES string of the molecule is O=C(O)Cc1cccc2cc(Cl)sc12. The Labute approximate surface area is 89.7 Å². The highest BCUT2D eigenvalue weighted by Gasteiger charge is 2.07. The maximum atomic E-state index is 10.6. The van der Waals surface area contributed by atoms with Crippen molar-refractivity contribution in [3.63, 3.8) is 0 Å². The van der Waals surface area contributed by atoms with Crippen LogP contribution in [-0.2, 0) is 11.2 Å². The molecule has 0 saturated carbocycles. The zero-order chi connectivity index (χ0) is 10.1. The molecule has 2 nitrogen and oxygen atoms in total. The lowest BCUT2D eigenvalue weighted by Gasteiger charge is -1.97. The first-order chi connectivity index (χ1) is 6.66. The Hall–Kier alpha value is -1.06. The van der Waals surface area contributed by atoms with Gasteiger partial charge in [0.2, 0.25) is 0 Å². The van der Waals surface area contributed by atoms with Crippen LogP contribution in [0.15, 0.2) is 24.3 Å². The fourth-order valence-electron chi connectivity index (χ4n) is 1.39. The zero-order valence-corrected chi connectivity index (χ0v) is 8.73. The van der Waals surface area contributed by atoms with E-state index in [4.69, 9.17) is 16.7 Å². The Morgan fingerprint density at radius 1 is 1.50 bits per heavy atom. The van der Waals surface area contributed by atoms with Gasteiger partial charge in [-0.05, 0) is 17.0 Å². The van der Waals surface area contributed by atoms with E-state index in [2.05, 4.69) is 0 Å². The maximum Gasteiger partial charge on any atom is 0.307 e. The molecule has 2 aromatic rings. The number of benzene rings is 1. The molecule has 1 aromatic heterocycles. The predicted molar refractivity (Wildman–Crippen MR) is 58.2 cm³/mol.